The van der Waals surface area contributed by atoms with Crippen LogP contribution in [-0.2, 0) is 9.53 Å². The van der Waals surface area contributed by atoms with E-state index in [2.05, 4.69) is 18.8 Å². The molecular formula is C23H24ClNO4. The van der Waals surface area contributed by atoms with Gasteiger partial charge in [0.2, 0.25) is 0 Å². The third-order valence-corrected chi connectivity index (χ3v) is 4.72. The molecule has 1 unspecified atom stereocenters. The van der Waals surface area contributed by atoms with Crippen LogP contribution in [0.3, 0.4) is 0 Å². The smallest absolute Gasteiger partial charge is 0.344 e. The summed E-state index contributed by atoms with van der Waals surface area (Å²) in [7, 11) is 0. The number of pyridine rings is 1. The molecule has 1 atom stereocenters. The van der Waals surface area contributed by atoms with Crippen LogP contribution in [0.25, 0.3) is 10.9 Å². The van der Waals surface area contributed by atoms with Crippen LogP contribution in [-0.4, -0.2) is 30.3 Å². The molecular weight excluding hydrogens is 390 g/mol. The van der Waals surface area contributed by atoms with Gasteiger partial charge in [-0.05, 0) is 54.8 Å². The number of benzene rings is 2. The molecule has 0 saturated heterocycles. The second-order valence-electron chi connectivity index (χ2n) is 7.07. The average Bonchev–Trinajstić information content (AvgIpc) is 2.72. The topological polar surface area (TPSA) is 57.7 Å². The quantitative estimate of drug-likeness (QED) is 0.462. The molecule has 29 heavy (non-hydrogen) atoms. The first-order valence-electron chi connectivity index (χ1n) is 9.52. The maximum Gasteiger partial charge on any atom is 0.344 e. The van der Waals surface area contributed by atoms with E-state index in [0.717, 1.165) is 11.1 Å². The van der Waals surface area contributed by atoms with Crippen molar-refractivity contribution in [3.05, 3.63) is 65.3 Å². The van der Waals surface area contributed by atoms with Gasteiger partial charge in [0, 0.05) is 11.6 Å². The summed E-state index contributed by atoms with van der Waals surface area (Å²) in [6.45, 7) is 6.10. The zero-order valence-corrected chi connectivity index (χ0v) is 17.5. The highest BCUT2D eigenvalue weighted by Crippen LogP contribution is 2.29. The van der Waals surface area contributed by atoms with E-state index in [-0.39, 0.29) is 13.2 Å². The Morgan fingerprint density at radius 1 is 1.03 bits per heavy atom. The fourth-order valence-corrected chi connectivity index (χ4v) is 3.04. The first-order chi connectivity index (χ1) is 13.9. The molecule has 0 aliphatic rings. The average molecular weight is 414 g/mol. The summed E-state index contributed by atoms with van der Waals surface area (Å²) in [5.74, 6) is 1.22. The summed E-state index contributed by atoms with van der Waals surface area (Å²) >= 11 is 6.17. The lowest BCUT2D eigenvalue weighted by molar-refractivity contribution is -0.151. The normalized spacial score (nSPS) is 12.0. The van der Waals surface area contributed by atoms with Gasteiger partial charge in [-0.25, -0.2) is 4.79 Å². The fourth-order valence-electron chi connectivity index (χ4n) is 2.82. The van der Waals surface area contributed by atoms with Crippen LogP contribution in [0.4, 0.5) is 0 Å². The van der Waals surface area contributed by atoms with Crippen LogP contribution in [0.2, 0.25) is 5.02 Å². The van der Waals surface area contributed by atoms with Gasteiger partial charge in [0.1, 0.15) is 29.7 Å². The van der Waals surface area contributed by atoms with Crippen molar-refractivity contribution in [2.24, 2.45) is 0 Å². The molecule has 0 bridgehead atoms. The Labute approximate surface area is 175 Å². The number of hydrogen-bond acceptors (Lipinski definition) is 5. The summed E-state index contributed by atoms with van der Waals surface area (Å²) in [4.78, 5) is 16.4. The lowest BCUT2D eigenvalue weighted by Gasteiger charge is -2.15. The fraction of sp³-hybridized carbons (Fsp3) is 0.304. The monoisotopic (exact) mass is 413 g/mol. The van der Waals surface area contributed by atoms with Gasteiger partial charge in [-0.15, -0.1) is 0 Å². The maximum atomic E-state index is 12.1. The van der Waals surface area contributed by atoms with E-state index in [1.165, 1.54) is 5.56 Å². The molecule has 0 radical (unpaired) electrons. The lowest BCUT2D eigenvalue weighted by atomic mass is 10.0. The molecule has 0 N–H and O–H groups in total. The molecule has 0 saturated carbocycles. The predicted molar refractivity (Wildman–Crippen MR) is 114 cm³/mol. The predicted octanol–water partition coefficient (Wildman–Crippen LogP) is 5.40. The molecule has 152 valence electrons. The number of esters is 1. The van der Waals surface area contributed by atoms with Gasteiger partial charge in [-0.1, -0.05) is 37.6 Å². The number of ether oxygens (including phenoxy) is 3. The maximum absolute atomic E-state index is 12.1. The van der Waals surface area contributed by atoms with Crippen LogP contribution in [0.15, 0.2) is 54.7 Å². The minimum Gasteiger partial charge on any atom is -0.490 e. The van der Waals surface area contributed by atoms with Crippen molar-refractivity contribution < 1.29 is 19.0 Å². The van der Waals surface area contributed by atoms with Crippen LogP contribution in [0, 0.1) is 0 Å². The Kier molecular flexibility index (Phi) is 6.94. The van der Waals surface area contributed by atoms with Crippen molar-refractivity contribution in [1.82, 2.24) is 4.98 Å². The van der Waals surface area contributed by atoms with Crippen molar-refractivity contribution in [1.29, 1.82) is 0 Å². The van der Waals surface area contributed by atoms with E-state index >= 15 is 0 Å². The molecule has 0 amide bonds. The first kappa shape index (κ1) is 20.9. The molecule has 0 fully saturated rings. The number of carbonyl (C=O) groups is 1. The van der Waals surface area contributed by atoms with E-state index in [4.69, 9.17) is 25.8 Å². The van der Waals surface area contributed by atoms with Crippen molar-refractivity contribution in [2.75, 3.05) is 13.2 Å². The Balaban J connectivity index is 1.49. The molecule has 0 spiro atoms. The minimum atomic E-state index is -0.477. The van der Waals surface area contributed by atoms with E-state index in [1.807, 2.05) is 30.3 Å². The number of rotatable bonds is 8. The van der Waals surface area contributed by atoms with E-state index in [1.54, 1.807) is 31.3 Å². The molecule has 3 rings (SSSR count). The number of nitrogens with zero attached hydrogens (tertiary/aromatic N) is 1. The molecule has 6 heteroatoms. The van der Waals surface area contributed by atoms with Crippen LogP contribution >= 0.6 is 11.6 Å². The van der Waals surface area contributed by atoms with Crippen LogP contribution in [0.5, 0.6) is 11.5 Å². The largest absolute Gasteiger partial charge is 0.490 e. The number of fused-ring (bicyclic) bond motifs is 1. The molecule has 0 aliphatic carbocycles. The zero-order chi connectivity index (χ0) is 20.8. The molecule has 0 aliphatic heterocycles. The first-order valence-corrected chi connectivity index (χ1v) is 9.90. The van der Waals surface area contributed by atoms with Gasteiger partial charge in [0.05, 0.1) is 5.02 Å². The second kappa shape index (κ2) is 9.61. The van der Waals surface area contributed by atoms with Crippen LogP contribution in [0.1, 0.15) is 32.3 Å². The molecule has 1 aromatic heterocycles. The number of halogens is 1. The second-order valence-corrected chi connectivity index (χ2v) is 7.48. The van der Waals surface area contributed by atoms with Gasteiger partial charge >= 0.3 is 5.97 Å². The van der Waals surface area contributed by atoms with Crippen molar-refractivity contribution in [3.8, 4) is 11.5 Å². The van der Waals surface area contributed by atoms with E-state index in [0.29, 0.717) is 22.2 Å². The summed E-state index contributed by atoms with van der Waals surface area (Å²) in [6.07, 6.45) is 1.24. The van der Waals surface area contributed by atoms with E-state index in [9.17, 15) is 4.79 Å². The van der Waals surface area contributed by atoms with Gasteiger partial charge in [-0.3, -0.25) is 4.98 Å². The minimum absolute atomic E-state index is 0.221. The van der Waals surface area contributed by atoms with Gasteiger partial charge in [-0.2, -0.15) is 0 Å². The van der Waals surface area contributed by atoms with Crippen molar-refractivity contribution >= 4 is 28.5 Å². The Hall–Kier alpha value is -2.79. The zero-order valence-electron chi connectivity index (χ0n) is 16.7. The summed E-state index contributed by atoms with van der Waals surface area (Å²) in [5, 5.41) is 1.35. The van der Waals surface area contributed by atoms with Gasteiger partial charge in [0.15, 0.2) is 6.61 Å². The molecule has 5 nitrogen and oxygen atoms in total. The molecule has 2 aromatic carbocycles. The SMILES string of the molecule is CC(COc1ccc(C(C)C)cc1)OC(=O)COc1ccc(Cl)c2cccnc12. The lowest BCUT2D eigenvalue weighted by Crippen LogP contribution is -2.25. The summed E-state index contributed by atoms with van der Waals surface area (Å²) in [6, 6.07) is 15.0. The van der Waals surface area contributed by atoms with E-state index < -0.39 is 12.1 Å². The van der Waals surface area contributed by atoms with Crippen molar-refractivity contribution in [2.45, 2.75) is 32.8 Å². The number of carbonyl (C=O) groups excluding carboxylic acids is 1. The Morgan fingerprint density at radius 2 is 1.79 bits per heavy atom. The summed E-state index contributed by atoms with van der Waals surface area (Å²) < 4.78 is 16.6. The highest BCUT2D eigenvalue weighted by Gasteiger charge is 2.13. The molecule has 1 heterocycles. The molecule has 3 aromatic rings. The Bertz CT molecular complexity index is 972. The third-order valence-electron chi connectivity index (χ3n) is 4.39. The van der Waals surface area contributed by atoms with Crippen molar-refractivity contribution in [3.63, 3.8) is 0 Å². The van der Waals surface area contributed by atoms with Gasteiger partial charge in [0.25, 0.3) is 0 Å². The summed E-state index contributed by atoms with van der Waals surface area (Å²) in [5.41, 5.74) is 1.85. The number of hydrogen-bond donors (Lipinski definition) is 0. The highest BCUT2D eigenvalue weighted by atomic mass is 35.5. The van der Waals surface area contributed by atoms with Gasteiger partial charge < -0.3 is 14.2 Å². The third kappa shape index (κ3) is 5.61. The standard InChI is InChI=1S/C23H24ClNO4/c1-15(2)17-6-8-18(9-7-17)27-13-16(3)29-22(26)14-28-21-11-10-20(24)19-5-4-12-25-23(19)21/h4-12,15-16H,13-14H2,1-3H3. The Morgan fingerprint density at radius 3 is 2.52 bits per heavy atom. The highest BCUT2D eigenvalue weighted by molar-refractivity contribution is 6.35. The number of aromatic nitrogens is 1. The van der Waals surface area contributed by atoms with Crippen LogP contribution < -0.4 is 9.47 Å².